The van der Waals surface area contributed by atoms with Gasteiger partial charge in [-0.15, -0.1) is 22.7 Å². The molecule has 0 N–H and O–H groups in total. The molecule has 0 spiro atoms. The maximum atomic E-state index is 13.0. The van der Waals surface area contributed by atoms with Crippen LogP contribution < -0.4 is 5.01 Å². The van der Waals surface area contributed by atoms with E-state index in [0.29, 0.717) is 16.9 Å². The van der Waals surface area contributed by atoms with E-state index in [0.717, 1.165) is 20.2 Å². The van der Waals surface area contributed by atoms with Crippen molar-refractivity contribution in [3.05, 3.63) is 70.7 Å². The summed E-state index contributed by atoms with van der Waals surface area (Å²) in [6.45, 7) is 0. The molecule has 0 fully saturated rings. The van der Waals surface area contributed by atoms with Crippen molar-refractivity contribution in [2.24, 2.45) is 0 Å². The van der Waals surface area contributed by atoms with Crippen molar-refractivity contribution in [2.45, 2.75) is 0 Å². The minimum absolute atomic E-state index is 0.360. The number of fused-ring (bicyclic) bond motifs is 2. The predicted molar refractivity (Wildman–Crippen MR) is 101 cm³/mol. The number of hydrazine groups is 1. The lowest BCUT2D eigenvalue weighted by Gasteiger charge is -2.29. The summed E-state index contributed by atoms with van der Waals surface area (Å²) in [6.07, 6.45) is 1.45. The Labute approximate surface area is 155 Å². The molecule has 0 radical (unpaired) electrons. The largest absolute Gasteiger partial charge is 0.281 e. The van der Waals surface area contributed by atoms with E-state index in [1.807, 2.05) is 29.0 Å². The lowest BCUT2D eigenvalue weighted by Crippen LogP contribution is -2.43. The molecule has 126 valence electrons. The summed E-state index contributed by atoms with van der Waals surface area (Å²) in [4.78, 5) is 35.5. The van der Waals surface area contributed by atoms with Gasteiger partial charge in [-0.2, -0.15) is 5.01 Å². The Hall–Kier alpha value is -3.10. The van der Waals surface area contributed by atoms with E-state index in [-0.39, 0.29) is 11.8 Å². The van der Waals surface area contributed by atoms with Crippen LogP contribution >= 0.6 is 22.7 Å². The molecule has 5 rings (SSSR count). The number of hydrogen-bond donors (Lipinski definition) is 0. The van der Waals surface area contributed by atoms with Gasteiger partial charge >= 0.3 is 0 Å². The number of aromatic nitrogens is 2. The fourth-order valence-corrected chi connectivity index (χ4v) is 4.44. The molecule has 2 amide bonds. The zero-order valence-electron chi connectivity index (χ0n) is 13.2. The minimum Gasteiger partial charge on any atom is -0.267 e. The number of anilines is 2. The van der Waals surface area contributed by atoms with Gasteiger partial charge in [0.1, 0.15) is 16.2 Å². The summed E-state index contributed by atoms with van der Waals surface area (Å²) in [5.41, 5.74) is 0.796. The fraction of sp³-hybridized carbons (Fsp3) is 0. The number of nitrogens with zero attached hydrogens (tertiary/aromatic N) is 4. The molecule has 8 heteroatoms. The zero-order chi connectivity index (χ0) is 17.7. The van der Waals surface area contributed by atoms with Crippen molar-refractivity contribution in [2.75, 3.05) is 5.01 Å². The molecular formula is C18H10N4O2S2. The van der Waals surface area contributed by atoms with E-state index < -0.39 is 0 Å². The van der Waals surface area contributed by atoms with Crippen LogP contribution in [0.25, 0.3) is 10.2 Å². The third-order valence-electron chi connectivity index (χ3n) is 4.13. The van der Waals surface area contributed by atoms with Crippen LogP contribution in [0.5, 0.6) is 0 Å². The first-order valence-electron chi connectivity index (χ1n) is 7.75. The Bertz CT molecular complexity index is 1120. The van der Waals surface area contributed by atoms with Crippen LogP contribution in [-0.4, -0.2) is 26.8 Å². The SMILES string of the molecule is O=C1c2ccccc2C(=O)N1N(c1cccs1)c1ncnc2sccc12. The van der Waals surface area contributed by atoms with E-state index in [1.165, 1.54) is 29.0 Å². The smallest absolute Gasteiger partial charge is 0.267 e. The molecule has 0 aliphatic carbocycles. The second-order valence-electron chi connectivity index (χ2n) is 5.57. The van der Waals surface area contributed by atoms with Crippen molar-refractivity contribution in [3.8, 4) is 0 Å². The molecule has 26 heavy (non-hydrogen) atoms. The maximum Gasteiger partial charge on any atom is 0.281 e. The summed E-state index contributed by atoms with van der Waals surface area (Å²) in [5.74, 6) is -0.213. The van der Waals surface area contributed by atoms with Crippen molar-refractivity contribution in [1.82, 2.24) is 15.0 Å². The lowest BCUT2D eigenvalue weighted by molar-refractivity contribution is 0.0654. The highest BCUT2D eigenvalue weighted by Crippen LogP contribution is 2.38. The Morgan fingerprint density at radius 3 is 2.31 bits per heavy atom. The zero-order valence-corrected chi connectivity index (χ0v) is 14.8. The first kappa shape index (κ1) is 15.2. The number of imide groups is 1. The number of amides is 2. The van der Waals surface area contributed by atoms with E-state index >= 15 is 0 Å². The molecular weight excluding hydrogens is 368 g/mol. The van der Waals surface area contributed by atoms with E-state index in [1.54, 1.807) is 29.3 Å². The number of carbonyl (C=O) groups excluding carboxylic acids is 2. The van der Waals surface area contributed by atoms with Gasteiger partial charge in [0.05, 0.1) is 16.5 Å². The van der Waals surface area contributed by atoms with E-state index in [4.69, 9.17) is 0 Å². The van der Waals surface area contributed by atoms with Crippen LogP contribution in [0.1, 0.15) is 20.7 Å². The third-order valence-corrected chi connectivity index (χ3v) is 5.79. The quantitative estimate of drug-likeness (QED) is 0.502. The highest BCUT2D eigenvalue weighted by Gasteiger charge is 2.41. The maximum absolute atomic E-state index is 13.0. The third kappa shape index (κ3) is 2.09. The Balaban J connectivity index is 1.74. The number of benzene rings is 1. The van der Waals surface area contributed by atoms with Crippen molar-refractivity contribution in [3.63, 3.8) is 0 Å². The number of carbonyl (C=O) groups is 2. The Kier molecular flexibility index (Phi) is 3.34. The lowest BCUT2D eigenvalue weighted by atomic mass is 10.1. The first-order valence-corrected chi connectivity index (χ1v) is 9.51. The van der Waals surface area contributed by atoms with Gasteiger partial charge in [-0.25, -0.2) is 15.0 Å². The highest BCUT2D eigenvalue weighted by atomic mass is 32.1. The summed E-state index contributed by atoms with van der Waals surface area (Å²) in [7, 11) is 0. The molecule has 0 saturated carbocycles. The normalized spacial score (nSPS) is 13.5. The summed E-state index contributed by atoms with van der Waals surface area (Å²) < 4.78 is 0. The van der Waals surface area contributed by atoms with Crippen LogP contribution in [0.3, 0.4) is 0 Å². The second-order valence-corrected chi connectivity index (χ2v) is 7.39. The van der Waals surface area contributed by atoms with E-state index in [9.17, 15) is 9.59 Å². The molecule has 1 aliphatic rings. The second kappa shape index (κ2) is 5.72. The molecule has 1 aliphatic heterocycles. The number of hydrogen-bond acceptors (Lipinski definition) is 7. The number of thiophene rings is 2. The van der Waals surface area contributed by atoms with Gasteiger partial charge in [-0.1, -0.05) is 12.1 Å². The van der Waals surface area contributed by atoms with Crippen LogP contribution in [-0.2, 0) is 0 Å². The summed E-state index contributed by atoms with van der Waals surface area (Å²) >= 11 is 2.91. The number of rotatable bonds is 3. The highest BCUT2D eigenvalue weighted by molar-refractivity contribution is 7.16. The van der Waals surface area contributed by atoms with Crippen molar-refractivity contribution >= 4 is 55.5 Å². The van der Waals surface area contributed by atoms with Crippen LogP contribution in [0.4, 0.5) is 10.8 Å². The van der Waals surface area contributed by atoms with Crippen molar-refractivity contribution in [1.29, 1.82) is 0 Å². The molecule has 0 atom stereocenters. The van der Waals surface area contributed by atoms with Gasteiger partial charge in [0.2, 0.25) is 0 Å². The van der Waals surface area contributed by atoms with Gasteiger partial charge in [0.15, 0.2) is 5.82 Å². The van der Waals surface area contributed by atoms with Gasteiger partial charge < -0.3 is 0 Å². The van der Waals surface area contributed by atoms with Crippen LogP contribution in [0.2, 0.25) is 0 Å². The average molecular weight is 378 g/mol. The molecule has 0 saturated heterocycles. The molecule has 0 bridgehead atoms. The molecule has 4 heterocycles. The topological polar surface area (TPSA) is 66.4 Å². The molecule has 1 aromatic carbocycles. The van der Waals surface area contributed by atoms with Gasteiger partial charge in [-0.05, 0) is 41.1 Å². The van der Waals surface area contributed by atoms with Gasteiger partial charge in [-0.3, -0.25) is 9.59 Å². The molecule has 6 nitrogen and oxygen atoms in total. The predicted octanol–water partition coefficient (Wildman–Crippen LogP) is 4.10. The van der Waals surface area contributed by atoms with Crippen molar-refractivity contribution < 1.29 is 9.59 Å². The van der Waals surface area contributed by atoms with Gasteiger partial charge in [0, 0.05) is 0 Å². The first-order chi connectivity index (χ1) is 12.8. The van der Waals surface area contributed by atoms with Gasteiger partial charge in [0.25, 0.3) is 11.8 Å². The van der Waals surface area contributed by atoms with Crippen LogP contribution in [0.15, 0.2) is 59.6 Å². The van der Waals surface area contributed by atoms with Crippen LogP contribution in [0, 0.1) is 0 Å². The molecule has 4 aromatic rings. The monoisotopic (exact) mass is 378 g/mol. The summed E-state index contributed by atoms with van der Waals surface area (Å²) in [6, 6.07) is 12.5. The Morgan fingerprint density at radius 2 is 1.62 bits per heavy atom. The standard InChI is InChI=1S/C18H10N4O2S2/c23-17-11-4-1-2-5-12(11)18(24)22(17)21(14-6-3-8-25-14)15-13-7-9-26-16(13)20-10-19-15/h1-10H. The minimum atomic E-state index is -0.360. The summed E-state index contributed by atoms with van der Waals surface area (Å²) in [5, 5.41) is 8.08. The Morgan fingerprint density at radius 1 is 0.846 bits per heavy atom. The molecule has 0 unspecified atom stereocenters. The van der Waals surface area contributed by atoms with E-state index in [2.05, 4.69) is 9.97 Å². The molecule has 3 aromatic heterocycles. The fourth-order valence-electron chi connectivity index (χ4n) is 2.99. The average Bonchev–Trinajstić information content (AvgIpc) is 3.40.